The summed E-state index contributed by atoms with van der Waals surface area (Å²) < 4.78 is 12.8. The third kappa shape index (κ3) is 3.70. The van der Waals surface area contributed by atoms with Crippen molar-refractivity contribution in [3.05, 3.63) is 0 Å². The van der Waals surface area contributed by atoms with Crippen molar-refractivity contribution >= 4 is 21.6 Å². The van der Waals surface area contributed by atoms with E-state index in [2.05, 4.69) is 6.92 Å². The summed E-state index contributed by atoms with van der Waals surface area (Å²) in [6.45, 7) is 2.15. The van der Waals surface area contributed by atoms with Crippen molar-refractivity contribution in [1.29, 1.82) is 0 Å². The van der Waals surface area contributed by atoms with Gasteiger partial charge in [0.15, 0.2) is 0 Å². The summed E-state index contributed by atoms with van der Waals surface area (Å²) in [5, 5.41) is 0.587. The second-order valence-corrected chi connectivity index (χ2v) is 5.85. The van der Waals surface area contributed by atoms with Gasteiger partial charge >= 0.3 is 0 Å². The van der Waals surface area contributed by atoms with Crippen molar-refractivity contribution in [2.45, 2.75) is 44.0 Å². The van der Waals surface area contributed by atoms with Gasteiger partial charge < -0.3 is 0 Å². The molecular weight excluding hydrogens is 179 g/mol. The average molecular weight is 194 g/mol. The fraction of sp³-hybridized carbons (Fsp3) is 1.00. The summed E-state index contributed by atoms with van der Waals surface area (Å²) in [6.07, 6.45) is 3.38. The lowest BCUT2D eigenvalue weighted by atomic mass is 9.99. The van der Waals surface area contributed by atoms with Gasteiger partial charge in [0.05, 0.1) is 0 Å². The molecular formula is C8H15FS2. The van der Waals surface area contributed by atoms with E-state index in [9.17, 15) is 4.39 Å². The van der Waals surface area contributed by atoms with Crippen molar-refractivity contribution in [3.63, 3.8) is 0 Å². The highest BCUT2D eigenvalue weighted by atomic mass is 33.1. The minimum Gasteiger partial charge on any atom is -0.247 e. The van der Waals surface area contributed by atoms with Crippen molar-refractivity contribution in [2.75, 3.05) is 5.75 Å². The summed E-state index contributed by atoms with van der Waals surface area (Å²) in [4.78, 5) is 0. The Morgan fingerprint density at radius 3 is 2.91 bits per heavy atom. The quantitative estimate of drug-likeness (QED) is 0.629. The average Bonchev–Trinajstić information content (AvgIpc) is 2.01. The van der Waals surface area contributed by atoms with Crippen LogP contribution in [0.4, 0.5) is 4.39 Å². The van der Waals surface area contributed by atoms with Crippen LogP contribution in [0.15, 0.2) is 0 Å². The van der Waals surface area contributed by atoms with Crippen LogP contribution in [0.3, 0.4) is 0 Å². The molecule has 0 aromatic carbocycles. The van der Waals surface area contributed by atoms with Crippen LogP contribution in [0.1, 0.15) is 32.6 Å². The highest BCUT2D eigenvalue weighted by Crippen LogP contribution is 2.36. The van der Waals surface area contributed by atoms with Crippen LogP contribution in [0.5, 0.6) is 0 Å². The molecule has 0 heterocycles. The van der Waals surface area contributed by atoms with Crippen LogP contribution in [-0.4, -0.2) is 17.2 Å². The van der Waals surface area contributed by atoms with Crippen molar-refractivity contribution in [2.24, 2.45) is 0 Å². The first-order valence-electron chi connectivity index (χ1n) is 4.25. The molecule has 0 aromatic heterocycles. The van der Waals surface area contributed by atoms with E-state index in [1.807, 2.05) is 21.6 Å². The van der Waals surface area contributed by atoms with Gasteiger partial charge in [0, 0.05) is 11.0 Å². The first kappa shape index (κ1) is 9.72. The maximum atomic E-state index is 12.8. The van der Waals surface area contributed by atoms with Crippen LogP contribution in [0.25, 0.3) is 0 Å². The molecule has 0 aliphatic heterocycles. The zero-order valence-corrected chi connectivity index (χ0v) is 8.52. The minimum absolute atomic E-state index is 0.515. The standard InChI is InChI=1S/C8H15FS2/c1-2-10-11-8-5-3-4-7(9)6-8/h7-8H,2-6H2,1H3. The topological polar surface area (TPSA) is 0 Å². The molecule has 11 heavy (non-hydrogen) atoms. The number of rotatable bonds is 3. The summed E-state index contributed by atoms with van der Waals surface area (Å²) in [6, 6.07) is 0. The van der Waals surface area contributed by atoms with Gasteiger partial charge in [0.2, 0.25) is 0 Å². The molecule has 0 radical (unpaired) electrons. The van der Waals surface area contributed by atoms with Crippen LogP contribution < -0.4 is 0 Å². The maximum Gasteiger partial charge on any atom is 0.101 e. The van der Waals surface area contributed by atoms with Gasteiger partial charge in [-0.15, -0.1) is 0 Å². The summed E-state index contributed by atoms with van der Waals surface area (Å²) in [5.74, 6) is 1.14. The number of hydrogen-bond donors (Lipinski definition) is 0. The third-order valence-corrected chi connectivity index (χ3v) is 4.89. The van der Waals surface area contributed by atoms with Crippen LogP contribution in [0.2, 0.25) is 0 Å². The fourth-order valence-corrected chi connectivity index (χ4v) is 3.73. The van der Waals surface area contributed by atoms with Gasteiger partial charge in [-0.1, -0.05) is 28.5 Å². The Labute approximate surface area is 76.1 Å². The van der Waals surface area contributed by atoms with Gasteiger partial charge in [-0.3, -0.25) is 0 Å². The Kier molecular flexibility index (Phi) is 4.69. The highest BCUT2D eigenvalue weighted by molar-refractivity contribution is 8.76. The third-order valence-electron chi connectivity index (χ3n) is 1.88. The SMILES string of the molecule is CCSSC1CCCC(F)C1. The monoisotopic (exact) mass is 194 g/mol. The molecule has 0 spiro atoms. The lowest BCUT2D eigenvalue weighted by Gasteiger charge is -2.22. The molecule has 1 saturated carbocycles. The zero-order valence-electron chi connectivity index (χ0n) is 6.88. The molecule has 0 aromatic rings. The molecule has 0 saturated heterocycles. The summed E-state index contributed by atoms with van der Waals surface area (Å²) in [5.41, 5.74) is 0. The van der Waals surface area contributed by atoms with Crippen molar-refractivity contribution in [1.82, 2.24) is 0 Å². The molecule has 0 N–H and O–H groups in total. The van der Waals surface area contributed by atoms with E-state index in [4.69, 9.17) is 0 Å². The van der Waals surface area contributed by atoms with Gasteiger partial charge in [0.1, 0.15) is 6.17 Å². The molecule has 0 bridgehead atoms. The number of alkyl halides is 1. The van der Waals surface area contributed by atoms with Gasteiger partial charge in [-0.05, 0) is 25.7 Å². The Bertz CT molecular complexity index is 108. The Balaban J connectivity index is 2.12. The second kappa shape index (κ2) is 5.31. The molecule has 1 rings (SSSR count). The van der Waals surface area contributed by atoms with E-state index in [1.165, 1.54) is 6.42 Å². The van der Waals surface area contributed by atoms with E-state index >= 15 is 0 Å². The van der Waals surface area contributed by atoms with E-state index in [0.717, 1.165) is 25.0 Å². The summed E-state index contributed by atoms with van der Waals surface area (Å²) in [7, 11) is 3.74. The van der Waals surface area contributed by atoms with Crippen LogP contribution in [0, 0.1) is 0 Å². The maximum absolute atomic E-state index is 12.8. The largest absolute Gasteiger partial charge is 0.247 e. The molecule has 1 fully saturated rings. The molecule has 3 heteroatoms. The van der Waals surface area contributed by atoms with E-state index in [0.29, 0.717) is 5.25 Å². The highest BCUT2D eigenvalue weighted by Gasteiger charge is 2.21. The Hall–Kier alpha value is 0.630. The minimum atomic E-state index is -0.515. The molecule has 66 valence electrons. The van der Waals surface area contributed by atoms with E-state index in [-0.39, 0.29) is 0 Å². The number of hydrogen-bond acceptors (Lipinski definition) is 2. The lowest BCUT2D eigenvalue weighted by Crippen LogP contribution is -2.17. The normalized spacial score (nSPS) is 32.2. The van der Waals surface area contributed by atoms with Crippen molar-refractivity contribution < 1.29 is 4.39 Å². The van der Waals surface area contributed by atoms with E-state index < -0.39 is 6.17 Å². The predicted molar refractivity (Wildman–Crippen MR) is 52.9 cm³/mol. The number of halogens is 1. The van der Waals surface area contributed by atoms with Gasteiger partial charge in [0.25, 0.3) is 0 Å². The molecule has 2 atom stereocenters. The molecule has 1 aliphatic rings. The molecule has 0 amide bonds. The molecule has 1 aliphatic carbocycles. The van der Waals surface area contributed by atoms with Gasteiger partial charge in [-0.2, -0.15) is 0 Å². The summed E-state index contributed by atoms with van der Waals surface area (Å²) >= 11 is 0. The van der Waals surface area contributed by atoms with Crippen LogP contribution in [-0.2, 0) is 0 Å². The second-order valence-electron chi connectivity index (χ2n) is 2.89. The fourth-order valence-electron chi connectivity index (χ4n) is 1.34. The van der Waals surface area contributed by atoms with Crippen molar-refractivity contribution in [3.8, 4) is 0 Å². The lowest BCUT2D eigenvalue weighted by molar-refractivity contribution is 0.256. The predicted octanol–water partition coefficient (Wildman–Crippen LogP) is 3.67. The molecule has 2 unspecified atom stereocenters. The first-order valence-corrected chi connectivity index (χ1v) is 6.63. The first-order chi connectivity index (χ1) is 5.33. The zero-order chi connectivity index (χ0) is 8.10. The Morgan fingerprint density at radius 1 is 1.45 bits per heavy atom. The van der Waals surface area contributed by atoms with Crippen LogP contribution >= 0.6 is 21.6 Å². The van der Waals surface area contributed by atoms with Gasteiger partial charge in [-0.25, -0.2) is 4.39 Å². The molecule has 0 nitrogen and oxygen atoms in total. The Morgan fingerprint density at radius 2 is 2.27 bits per heavy atom. The smallest absolute Gasteiger partial charge is 0.101 e. The van der Waals surface area contributed by atoms with E-state index in [1.54, 1.807) is 0 Å².